The van der Waals surface area contributed by atoms with Gasteiger partial charge in [0, 0.05) is 17.2 Å². The highest BCUT2D eigenvalue weighted by atomic mass is 16.2. The number of benzene rings is 2. The quantitative estimate of drug-likeness (QED) is 0.742. The van der Waals surface area contributed by atoms with Crippen LogP contribution in [-0.2, 0) is 6.42 Å². The molecule has 0 aromatic heterocycles. The van der Waals surface area contributed by atoms with E-state index in [9.17, 15) is 4.79 Å². The minimum Gasteiger partial charge on any atom is -0.316 e. The summed E-state index contributed by atoms with van der Waals surface area (Å²) < 4.78 is 0. The van der Waals surface area contributed by atoms with Crippen LogP contribution >= 0.6 is 0 Å². The van der Waals surface area contributed by atoms with E-state index in [1.165, 1.54) is 5.56 Å². The van der Waals surface area contributed by atoms with Crippen molar-refractivity contribution in [1.82, 2.24) is 10.2 Å². The first-order valence-electron chi connectivity index (χ1n) is 9.77. The number of nitrogens with one attached hydrogen (secondary N) is 1. The second-order valence-corrected chi connectivity index (χ2v) is 7.71. The summed E-state index contributed by atoms with van der Waals surface area (Å²) in [6, 6.07) is 18.7. The Hall–Kier alpha value is -2.13. The first kappa shape index (κ1) is 18.7. The average molecular weight is 351 g/mol. The molecule has 1 amide bonds. The third kappa shape index (κ3) is 4.16. The van der Waals surface area contributed by atoms with Crippen LogP contribution in [0.5, 0.6) is 0 Å². The van der Waals surface area contributed by atoms with Gasteiger partial charge in [-0.15, -0.1) is 0 Å². The van der Waals surface area contributed by atoms with Gasteiger partial charge in [0.1, 0.15) is 6.17 Å². The molecule has 138 valence electrons. The minimum atomic E-state index is -0.0109. The lowest BCUT2D eigenvalue weighted by atomic mass is 10.0. The molecule has 1 N–H and O–H groups in total. The maximum Gasteiger partial charge on any atom is 0.256 e. The van der Waals surface area contributed by atoms with Crippen molar-refractivity contribution >= 4 is 5.91 Å². The molecule has 1 aliphatic heterocycles. The second kappa shape index (κ2) is 8.50. The van der Waals surface area contributed by atoms with Crippen molar-refractivity contribution in [3.63, 3.8) is 0 Å². The van der Waals surface area contributed by atoms with E-state index in [-0.39, 0.29) is 18.1 Å². The van der Waals surface area contributed by atoms with Crippen molar-refractivity contribution in [2.75, 3.05) is 6.54 Å². The van der Waals surface area contributed by atoms with Crippen LogP contribution in [0.2, 0.25) is 0 Å². The lowest BCUT2D eigenvalue weighted by Gasteiger charge is -2.32. The summed E-state index contributed by atoms with van der Waals surface area (Å²) in [7, 11) is 0. The number of fused-ring (bicyclic) bond motifs is 1. The molecular formula is C23H30N2O. The summed E-state index contributed by atoms with van der Waals surface area (Å²) in [6.45, 7) is 7.56. The van der Waals surface area contributed by atoms with E-state index >= 15 is 0 Å². The van der Waals surface area contributed by atoms with Gasteiger partial charge >= 0.3 is 0 Å². The van der Waals surface area contributed by atoms with Crippen molar-refractivity contribution in [3.05, 3.63) is 71.3 Å². The maximum absolute atomic E-state index is 13.0. The monoisotopic (exact) mass is 350 g/mol. The Morgan fingerprint density at radius 1 is 0.962 bits per heavy atom. The van der Waals surface area contributed by atoms with E-state index < -0.39 is 0 Å². The summed E-state index contributed by atoms with van der Waals surface area (Å²) in [6.07, 6.45) is 3.05. The molecule has 3 rings (SSSR count). The molecule has 2 aromatic carbocycles. The van der Waals surface area contributed by atoms with Crippen molar-refractivity contribution in [2.45, 2.75) is 52.2 Å². The fourth-order valence-corrected chi connectivity index (χ4v) is 3.67. The van der Waals surface area contributed by atoms with Crippen molar-refractivity contribution in [1.29, 1.82) is 0 Å². The van der Waals surface area contributed by atoms with Gasteiger partial charge in [-0.2, -0.15) is 0 Å². The van der Waals surface area contributed by atoms with Gasteiger partial charge in [0.05, 0.1) is 0 Å². The summed E-state index contributed by atoms with van der Waals surface area (Å²) in [4.78, 5) is 15.1. The third-order valence-electron chi connectivity index (χ3n) is 5.23. The fourth-order valence-electron chi connectivity index (χ4n) is 3.67. The standard InChI is InChI=1S/C23H30N2O/c1-17(2)15-16-24-22-20-11-7-8-12-21(20)23(26)25(22)18(3)13-14-19-9-5-4-6-10-19/h4-12,17-18,22,24H,13-16H2,1-3H3/t18-,22-/m1/s1. The first-order valence-corrected chi connectivity index (χ1v) is 9.77. The Labute approximate surface area is 157 Å². The Bertz CT molecular complexity index is 726. The van der Waals surface area contributed by atoms with Crippen molar-refractivity contribution in [3.8, 4) is 0 Å². The maximum atomic E-state index is 13.0. The molecule has 1 heterocycles. The van der Waals surface area contributed by atoms with Crippen molar-refractivity contribution < 1.29 is 4.79 Å². The third-order valence-corrected chi connectivity index (χ3v) is 5.23. The lowest BCUT2D eigenvalue weighted by Crippen LogP contribution is -2.43. The van der Waals surface area contributed by atoms with Gasteiger partial charge in [0.25, 0.3) is 5.91 Å². The molecule has 26 heavy (non-hydrogen) atoms. The van der Waals surface area contributed by atoms with Crippen LogP contribution in [0.4, 0.5) is 0 Å². The normalized spacial score (nSPS) is 17.6. The molecular weight excluding hydrogens is 320 g/mol. The molecule has 1 aliphatic rings. The molecule has 0 unspecified atom stereocenters. The predicted octanol–water partition coefficient (Wildman–Crippen LogP) is 4.80. The van der Waals surface area contributed by atoms with Crippen LogP contribution < -0.4 is 5.32 Å². The van der Waals surface area contributed by atoms with Gasteiger partial charge < -0.3 is 4.90 Å². The van der Waals surface area contributed by atoms with Gasteiger partial charge in [-0.1, -0.05) is 62.4 Å². The molecule has 0 aliphatic carbocycles. The van der Waals surface area contributed by atoms with Gasteiger partial charge in [0.2, 0.25) is 0 Å². The molecule has 0 saturated carbocycles. The van der Waals surface area contributed by atoms with E-state index in [2.05, 4.69) is 56.4 Å². The van der Waals surface area contributed by atoms with E-state index in [0.717, 1.165) is 36.9 Å². The molecule has 2 atom stereocenters. The Morgan fingerprint density at radius 2 is 1.65 bits per heavy atom. The zero-order valence-corrected chi connectivity index (χ0v) is 16.1. The number of nitrogens with zero attached hydrogens (tertiary/aromatic N) is 1. The van der Waals surface area contributed by atoms with Crippen LogP contribution in [0, 0.1) is 5.92 Å². The molecule has 3 nitrogen and oxygen atoms in total. The van der Waals surface area contributed by atoms with E-state index in [0.29, 0.717) is 5.92 Å². The summed E-state index contributed by atoms with van der Waals surface area (Å²) in [5.74, 6) is 0.807. The largest absolute Gasteiger partial charge is 0.316 e. The average Bonchev–Trinajstić information content (AvgIpc) is 2.93. The second-order valence-electron chi connectivity index (χ2n) is 7.71. The summed E-state index contributed by atoms with van der Waals surface area (Å²) in [5.41, 5.74) is 3.29. The smallest absolute Gasteiger partial charge is 0.256 e. The first-order chi connectivity index (χ1) is 12.6. The number of amides is 1. The van der Waals surface area contributed by atoms with Crippen LogP contribution in [-0.4, -0.2) is 23.4 Å². The number of rotatable bonds is 8. The van der Waals surface area contributed by atoms with Gasteiger partial charge in [0.15, 0.2) is 0 Å². The Morgan fingerprint density at radius 3 is 2.38 bits per heavy atom. The number of carbonyl (C=O) groups excluding carboxylic acids is 1. The number of carbonyl (C=O) groups is 1. The fraction of sp³-hybridized carbons (Fsp3) is 0.435. The summed E-state index contributed by atoms with van der Waals surface area (Å²) >= 11 is 0. The van der Waals surface area contributed by atoms with E-state index in [1.54, 1.807) is 0 Å². The van der Waals surface area contributed by atoms with E-state index in [4.69, 9.17) is 0 Å². The zero-order valence-electron chi connectivity index (χ0n) is 16.1. The Balaban J connectivity index is 1.73. The number of hydrogen-bond donors (Lipinski definition) is 1. The zero-order chi connectivity index (χ0) is 18.5. The van der Waals surface area contributed by atoms with Crippen LogP contribution in [0.1, 0.15) is 61.3 Å². The molecule has 0 fully saturated rings. The van der Waals surface area contributed by atoms with Crippen LogP contribution in [0.3, 0.4) is 0 Å². The highest BCUT2D eigenvalue weighted by Crippen LogP contribution is 2.34. The predicted molar refractivity (Wildman–Crippen MR) is 107 cm³/mol. The van der Waals surface area contributed by atoms with Crippen LogP contribution in [0.15, 0.2) is 54.6 Å². The van der Waals surface area contributed by atoms with Gasteiger partial charge in [-0.3, -0.25) is 10.1 Å². The van der Waals surface area contributed by atoms with Crippen LogP contribution in [0.25, 0.3) is 0 Å². The number of hydrogen-bond acceptors (Lipinski definition) is 2. The highest BCUT2D eigenvalue weighted by molar-refractivity contribution is 5.99. The lowest BCUT2D eigenvalue weighted by molar-refractivity contribution is 0.0592. The SMILES string of the molecule is CC(C)CCN[C@H]1c2ccccc2C(=O)N1[C@H](C)CCc1ccccc1. The highest BCUT2D eigenvalue weighted by Gasteiger charge is 2.38. The summed E-state index contributed by atoms with van der Waals surface area (Å²) in [5, 5.41) is 3.63. The molecule has 0 radical (unpaired) electrons. The number of aryl methyl sites for hydroxylation is 1. The molecule has 2 aromatic rings. The Kier molecular flexibility index (Phi) is 6.10. The van der Waals surface area contributed by atoms with Crippen molar-refractivity contribution in [2.24, 2.45) is 5.92 Å². The molecule has 0 saturated heterocycles. The topological polar surface area (TPSA) is 32.3 Å². The molecule has 0 spiro atoms. The van der Waals surface area contributed by atoms with E-state index in [1.807, 2.05) is 29.2 Å². The van der Waals surface area contributed by atoms with Gasteiger partial charge in [-0.25, -0.2) is 0 Å². The minimum absolute atomic E-state index is 0.0109. The van der Waals surface area contributed by atoms with Gasteiger partial charge in [-0.05, 0) is 50.3 Å². The molecule has 3 heteroatoms. The molecule has 0 bridgehead atoms.